The minimum absolute atomic E-state index is 0.0181. The molecule has 2 heterocycles. The number of benzene rings is 3. The van der Waals surface area contributed by atoms with E-state index in [0.29, 0.717) is 22.4 Å². The zero-order valence-corrected chi connectivity index (χ0v) is 20.1. The SMILES string of the molecule is COC(=O)c1cccc(S(=O)(=O)N(Cc2ccccc2)Cc2cc3cc4c(cc3[nH]c2=O)OCO4)c1. The number of hydrogen-bond acceptors (Lipinski definition) is 7. The van der Waals surface area contributed by atoms with Gasteiger partial charge in [-0.1, -0.05) is 36.4 Å². The first-order chi connectivity index (χ1) is 17.3. The maximum absolute atomic E-state index is 13.8. The molecule has 0 amide bonds. The maximum atomic E-state index is 13.8. The number of aromatic nitrogens is 1. The molecular weight excluding hydrogens is 484 g/mol. The van der Waals surface area contributed by atoms with Crippen molar-refractivity contribution in [3.63, 3.8) is 0 Å². The van der Waals surface area contributed by atoms with Gasteiger partial charge in [-0.3, -0.25) is 4.79 Å². The molecule has 1 aliphatic rings. The summed E-state index contributed by atoms with van der Waals surface area (Å²) in [6.45, 7) is -0.0832. The number of carbonyl (C=O) groups is 1. The van der Waals surface area contributed by atoms with Crippen molar-refractivity contribution in [2.75, 3.05) is 13.9 Å². The Labute approximate surface area is 206 Å². The van der Waals surface area contributed by atoms with Crippen LogP contribution >= 0.6 is 0 Å². The second-order valence-corrected chi connectivity index (χ2v) is 10.1. The van der Waals surface area contributed by atoms with Crippen LogP contribution in [0.3, 0.4) is 0 Å². The van der Waals surface area contributed by atoms with Crippen LogP contribution < -0.4 is 15.0 Å². The molecule has 0 atom stereocenters. The van der Waals surface area contributed by atoms with E-state index in [0.717, 1.165) is 5.56 Å². The highest BCUT2D eigenvalue weighted by Crippen LogP contribution is 2.35. The molecule has 0 bridgehead atoms. The second kappa shape index (κ2) is 9.48. The number of H-pyrrole nitrogens is 1. The number of fused-ring (bicyclic) bond motifs is 2. The van der Waals surface area contributed by atoms with E-state index in [1.165, 1.54) is 35.7 Å². The molecule has 0 saturated carbocycles. The number of hydrogen-bond donors (Lipinski definition) is 1. The first kappa shape index (κ1) is 23.6. The van der Waals surface area contributed by atoms with Crippen LogP contribution in [0.15, 0.2) is 82.5 Å². The third-order valence-electron chi connectivity index (χ3n) is 5.86. The molecule has 36 heavy (non-hydrogen) atoms. The Morgan fingerprint density at radius 3 is 2.47 bits per heavy atom. The summed E-state index contributed by atoms with van der Waals surface area (Å²) in [6, 6.07) is 19.8. The molecule has 4 aromatic rings. The van der Waals surface area contributed by atoms with Crippen LogP contribution in [0, 0.1) is 0 Å². The predicted molar refractivity (Wildman–Crippen MR) is 131 cm³/mol. The number of rotatable bonds is 7. The smallest absolute Gasteiger partial charge is 0.337 e. The molecule has 1 N–H and O–H groups in total. The number of methoxy groups -OCH3 is 1. The summed E-state index contributed by atoms with van der Waals surface area (Å²) < 4.78 is 44.3. The predicted octanol–water partition coefficient (Wildman–Crippen LogP) is 3.43. The van der Waals surface area contributed by atoms with Gasteiger partial charge < -0.3 is 19.2 Å². The molecule has 0 radical (unpaired) electrons. The second-order valence-electron chi connectivity index (χ2n) is 8.19. The highest BCUT2D eigenvalue weighted by molar-refractivity contribution is 7.89. The van der Waals surface area contributed by atoms with Gasteiger partial charge in [-0.05, 0) is 35.9 Å². The first-order valence-corrected chi connectivity index (χ1v) is 12.5. The molecular formula is C26H22N2O7S. The lowest BCUT2D eigenvalue weighted by molar-refractivity contribution is 0.0600. The Balaban J connectivity index is 1.56. The Bertz CT molecular complexity index is 1610. The van der Waals surface area contributed by atoms with Gasteiger partial charge >= 0.3 is 5.97 Å². The maximum Gasteiger partial charge on any atom is 0.337 e. The lowest BCUT2D eigenvalue weighted by Gasteiger charge is -2.23. The van der Waals surface area contributed by atoms with E-state index < -0.39 is 21.6 Å². The summed E-state index contributed by atoms with van der Waals surface area (Å²) >= 11 is 0. The molecule has 9 nitrogen and oxygen atoms in total. The Morgan fingerprint density at radius 1 is 0.972 bits per heavy atom. The van der Waals surface area contributed by atoms with Gasteiger partial charge in [0.15, 0.2) is 11.5 Å². The average Bonchev–Trinajstić information content (AvgIpc) is 3.35. The van der Waals surface area contributed by atoms with Crippen molar-refractivity contribution in [3.05, 3.63) is 99.8 Å². The zero-order valence-electron chi connectivity index (χ0n) is 19.3. The third-order valence-corrected chi connectivity index (χ3v) is 7.64. The van der Waals surface area contributed by atoms with Crippen LogP contribution in [0.5, 0.6) is 11.5 Å². The standard InChI is InChI=1S/C26H22N2O7S/c1-33-26(30)18-8-5-9-21(11-18)36(31,32)28(14-17-6-3-2-4-7-17)15-20-10-19-12-23-24(35-16-34-23)13-22(19)27-25(20)29/h2-13H,14-16H2,1H3,(H,27,29). The summed E-state index contributed by atoms with van der Waals surface area (Å²) in [7, 11) is -2.89. The van der Waals surface area contributed by atoms with Gasteiger partial charge in [0.2, 0.25) is 16.8 Å². The van der Waals surface area contributed by atoms with E-state index in [-0.39, 0.29) is 35.9 Å². The van der Waals surface area contributed by atoms with Gasteiger partial charge in [0, 0.05) is 30.1 Å². The summed E-state index contributed by atoms with van der Waals surface area (Å²) in [4.78, 5) is 27.7. The van der Waals surface area contributed by atoms with Crippen molar-refractivity contribution in [1.82, 2.24) is 9.29 Å². The van der Waals surface area contributed by atoms with Gasteiger partial charge in [-0.25, -0.2) is 13.2 Å². The Kier molecular flexibility index (Phi) is 6.21. The number of sulfonamides is 1. The highest BCUT2D eigenvalue weighted by atomic mass is 32.2. The third kappa shape index (κ3) is 4.56. The number of ether oxygens (including phenoxy) is 3. The molecule has 0 saturated heterocycles. The Hall–Kier alpha value is -4.15. The van der Waals surface area contributed by atoms with Crippen molar-refractivity contribution in [2.24, 2.45) is 0 Å². The van der Waals surface area contributed by atoms with Crippen LogP contribution in [-0.2, 0) is 27.8 Å². The molecule has 184 valence electrons. The van der Waals surface area contributed by atoms with Crippen LogP contribution in [0.25, 0.3) is 10.9 Å². The molecule has 1 aromatic heterocycles. The van der Waals surface area contributed by atoms with Crippen molar-refractivity contribution in [2.45, 2.75) is 18.0 Å². The topological polar surface area (TPSA) is 115 Å². The monoisotopic (exact) mass is 506 g/mol. The van der Waals surface area contributed by atoms with E-state index in [4.69, 9.17) is 14.2 Å². The van der Waals surface area contributed by atoms with E-state index in [2.05, 4.69) is 4.98 Å². The number of aromatic amines is 1. The Morgan fingerprint density at radius 2 is 1.72 bits per heavy atom. The van der Waals surface area contributed by atoms with Gasteiger partial charge in [-0.15, -0.1) is 0 Å². The minimum Gasteiger partial charge on any atom is -0.465 e. The number of pyridine rings is 1. The van der Waals surface area contributed by atoms with E-state index in [1.807, 2.05) is 18.2 Å². The van der Waals surface area contributed by atoms with Gasteiger partial charge in [0.1, 0.15) is 0 Å². The number of nitrogens with zero attached hydrogens (tertiary/aromatic N) is 1. The normalized spacial score (nSPS) is 12.7. The molecule has 0 aliphatic carbocycles. The first-order valence-electron chi connectivity index (χ1n) is 11.0. The van der Waals surface area contributed by atoms with Gasteiger partial charge in [0.05, 0.1) is 23.1 Å². The summed E-state index contributed by atoms with van der Waals surface area (Å²) in [5.41, 5.74) is 1.24. The summed E-state index contributed by atoms with van der Waals surface area (Å²) in [5, 5.41) is 0.679. The van der Waals surface area contributed by atoms with Crippen LogP contribution in [0.2, 0.25) is 0 Å². The largest absolute Gasteiger partial charge is 0.465 e. The quantitative estimate of drug-likeness (QED) is 0.382. The van der Waals surface area contributed by atoms with E-state index in [1.54, 1.807) is 30.3 Å². The highest BCUT2D eigenvalue weighted by Gasteiger charge is 2.27. The molecule has 1 aliphatic heterocycles. The summed E-state index contributed by atoms with van der Waals surface area (Å²) in [5.74, 6) is 0.435. The van der Waals surface area contributed by atoms with Crippen LogP contribution in [0.1, 0.15) is 21.5 Å². The fraction of sp³-hybridized carbons (Fsp3) is 0.154. The molecule has 0 fully saturated rings. The van der Waals surface area contributed by atoms with Crippen molar-refractivity contribution in [3.8, 4) is 11.5 Å². The van der Waals surface area contributed by atoms with E-state index >= 15 is 0 Å². The minimum atomic E-state index is -4.11. The molecule has 3 aromatic carbocycles. The number of carbonyl (C=O) groups excluding carboxylic acids is 1. The molecule has 0 unspecified atom stereocenters. The lowest BCUT2D eigenvalue weighted by atomic mass is 10.1. The zero-order chi connectivity index (χ0) is 25.3. The molecule has 5 rings (SSSR count). The van der Waals surface area contributed by atoms with Crippen molar-refractivity contribution < 1.29 is 27.4 Å². The van der Waals surface area contributed by atoms with Crippen LogP contribution in [0.4, 0.5) is 0 Å². The average molecular weight is 507 g/mol. The van der Waals surface area contributed by atoms with Crippen molar-refractivity contribution >= 4 is 26.9 Å². The fourth-order valence-corrected chi connectivity index (χ4v) is 5.46. The van der Waals surface area contributed by atoms with Crippen molar-refractivity contribution in [1.29, 1.82) is 0 Å². The lowest BCUT2D eigenvalue weighted by Crippen LogP contribution is -2.32. The number of esters is 1. The van der Waals surface area contributed by atoms with E-state index in [9.17, 15) is 18.0 Å². The van der Waals surface area contributed by atoms with Gasteiger partial charge in [0.25, 0.3) is 5.56 Å². The molecule has 0 spiro atoms. The fourth-order valence-electron chi connectivity index (χ4n) is 4.01. The van der Waals surface area contributed by atoms with Crippen LogP contribution in [-0.4, -0.2) is 37.6 Å². The molecule has 10 heteroatoms. The number of nitrogens with one attached hydrogen (secondary N) is 1. The van der Waals surface area contributed by atoms with Gasteiger partial charge in [-0.2, -0.15) is 4.31 Å². The summed E-state index contributed by atoms with van der Waals surface area (Å²) in [6.07, 6.45) is 0.